The normalized spacial score (nSPS) is 17.4. The van der Waals surface area contributed by atoms with Gasteiger partial charge in [-0.05, 0) is 31.5 Å². The molecule has 10 heteroatoms. The zero-order chi connectivity index (χ0) is 21.6. The lowest BCUT2D eigenvalue weighted by Crippen LogP contribution is -2.46. The highest BCUT2D eigenvalue weighted by Gasteiger charge is 2.37. The summed E-state index contributed by atoms with van der Waals surface area (Å²) in [5.41, 5.74) is -1.60. The summed E-state index contributed by atoms with van der Waals surface area (Å²) < 4.78 is 21.1. The summed E-state index contributed by atoms with van der Waals surface area (Å²) in [6.07, 6.45) is 1.23. The summed E-state index contributed by atoms with van der Waals surface area (Å²) in [6, 6.07) is 2.65. The van der Waals surface area contributed by atoms with E-state index in [1.807, 2.05) is 4.90 Å². The van der Waals surface area contributed by atoms with Crippen LogP contribution in [-0.4, -0.2) is 60.2 Å². The number of likely N-dealkylation sites (N-methyl/N-ethyl adjacent to an activating group) is 1. The molecule has 0 bridgehead atoms. The fourth-order valence-electron chi connectivity index (χ4n) is 4.14. The molecule has 0 N–H and O–H groups in total. The maximum absolute atomic E-state index is 15.3. The third-order valence-electron chi connectivity index (χ3n) is 5.90. The van der Waals surface area contributed by atoms with Gasteiger partial charge in [-0.1, -0.05) is 6.92 Å². The van der Waals surface area contributed by atoms with E-state index in [9.17, 15) is 19.7 Å². The van der Waals surface area contributed by atoms with Crippen LogP contribution in [-0.2, 0) is 4.74 Å². The quantitative estimate of drug-likeness (QED) is 0.318. The number of hydrogen-bond acceptors (Lipinski definition) is 7. The first kappa shape index (κ1) is 20.3. The molecule has 0 radical (unpaired) electrons. The number of halogens is 1. The number of ether oxygens (including phenoxy) is 1. The number of esters is 1. The molecule has 1 aromatic carbocycles. The van der Waals surface area contributed by atoms with Crippen molar-refractivity contribution in [2.45, 2.75) is 25.8 Å². The maximum Gasteiger partial charge on any atom is 0.346 e. The molecule has 1 saturated heterocycles. The average Bonchev–Trinajstić information content (AvgIpc) is 3.58. The van der Waals surface area contributed by atoms with Crippen LogP contribution >= 0.6 is 0 Å². The van der Waals surface area contributed by atoms with Crippen molar-refractivity contribution < 1.29 is 18.8 Å². The van der Waals surface area contributed by atoms with Crippen LogP contribution in [0.15, 0.2) is 16.9 Å². The van der Waals surface area contributed by atoms with E-state index in [0.717, 1.165) is 31.3 Å². The Labute approximate surface area is 171 Å². The smallest absolute Gasteiger partial charge is 0.346 e. The summed E-state index contributed by atoms with van der Waals surface area (Å²) >= 11 is 0. The van der Waals surface area contributed by atoms with E-state index < -0.39 is 27.8 Å². The molecular weight excluding hydrogens is 395 g/mol. The molecule has 2 fully saturated rings. The van der Waals surface area contributed by atoms with Crippen LogP contribution in [0, 0.1) is 16.1 Å². The second-order valence-electron chi connectivity index (χ2n) is 7.60. The number of nitrogens with zero attached hydrogens (tertiary/aromatic N) is 4. The van der Waals surface area contributed by atoms with Crippen molar-refractivity contribution in [1.29, 1.82) is 0 Å². The van der Waals surface area contributed by atoms with E-state index in [-0.39, 0.29) is 22.6 Å². The van der Waals surface area contributed by atoms with Crippen molar-refractivity contribution in [2.75, 3.05) is 44.7 Å². The number of anilines is 1. The average molecular weight is 418 g/mol. The highest BCUT2D eigenvalue weighted by Crippen LogP contribution is 2.43. The van der Waals surface area contributed by atoms with Gasteiger partial charge in [-0.3, -0.25) is 14.9 Å². The predicted molar refractivity (Wildman–Crippen MR) is 109 cm³/mol. The van der Waals surface area contributed by atoms with Gasteiger partial charge in [0.1, 0.15) is 11.2 Å². The van der Waals surface area contributed by atoms with Crippen molar-refractivity contribution in [3.8, 4) is 0 Å². The Morgan fingerprint density at radius 1 is 1.27 bits per heavy atom. The largest absolute Gasteiger partial charge is 0.465 e. The number of fused-ring (bicyclic) bond motifs is 1. The number of carbonyl (C=O) groups is 1. The number of hydrogen-bond donors (Lipinski definition) is 0. The minimum absolute atomic E-state index is 0.0497. The van der Waals surface area contributed by atoms with Crippen molar-refractivity contribution in [2.24, 2.45) is 0 Å². The summed E-state index contributed by atoms with van der Waals surface area (Å²) in [5.74, 6) is -2.16. The molecule has 1 aliphatic heterocycles. The molecule has 0 amide bonds. The monoisotopic (exact) mass is 418 g/mol. The zero-order valence-electron chi connectivity index (χ0n) is 16.9. The summed E-state index contributed by atoms with van der Waals surface area (Å²) in [5, 5.41) is 12.1. The highest BCUT2D eigenvalue weighted by molar-refractivity contribution is 5.99. The zero-order valence-corrected chi connectivity index (χ0v) is 16.9. The Morgan fingerprint density at radius 3 is 2.47 bits per heavy atom. The van der Waals surface area contributed by atoms with Gasteiger partial charge >= 0.3 is 11.7 Å². The second-order valence-corrected chi connectivity index (χ2v) is 7.60. The lowest BCUT2D eigenvalue weighted by Gasteiger charge is -2.35. The topological polar surface area (TPSA) is 97.9 Å². The Balaban J connectivity index is 1.99. The van der Waals surface area contributed by atoms with Crippen LogP contribution < -0.4 is 10.3 Å². The van der Waals surface area contributed by atoms with Gasteiger partial charge in [0.05, 0.1) is 17.4 Å². The van der Waals surface area contributed by atoms with E-state index in [0.29, 0.717) is 31.6 Å². The number of piperazine rings is 1. The SMILES string of the molecule is CCN1CCN(c2ccc3c(=O)c(C(=O)OC)c(F)n(C4CC4)c3c2[N+](=O)[O-])CC1. The van der Waals surface area contributed by atoms with E-state index in [2.05, 4.69) is 16.6 Å². The molecular formula is C20H23FN4O5. The summed E-state index contributed by atoms with van der Waals surface area (Å²) in [7, 11) is 1.06. The van der Waals surface area contributed by atoms with Gasteiger partial charge in [0.15, 0.2) is 5.56 Å². The first-order valence-electron chi connectivity index (χ1n) is 9.99. The van der Waals surface area contributed by atoms with E-state index in [1.54, 1.807) is 0 Å². The van der Waals surface area contributed by atoms with Gasteiger partial charge in [0.25, 0.3) is 0 Å². The summed E-state index contributed by atoms with van der Waals surface area (Å²) in [4.78, 5) is 40.7. The first-order valence-corrected chi connectivity index (χ1v) is 9.99. The van der Waals surface area contributed by atoms with Gasteiger partial charge in [-0.15, -0.1) is 0 Å². The molecule has 4 rings (SSSR count). The number of carbonyl (C=O) groups excluding carboxylic acids is 1. The van der Waals surface area contributed by atoms with Gasteiger partial charge in [0.2, 0.25) is 11.4 Å². The molecule has 0 atom stereocenters. The van der Waals surface area contributed by atoms with Crippen LogP contribution in [0.4, 0.5) is 15.8 Å². The molecule has 0 spiro atoms. The van der Waals surface area contributed by atoms with Gasteiger partial charge in [-0.2, -0.15) is 4.39 Å². The molecule has 2 aromatic rings. The van der Waals surface area contributed by atoms with Crippen LogP contribution in [0.3, 0.4) is 0 Å². The van der Waals surface area contributed by atoms with Crippen molar-refractivity contribution in [3.05, 3.63) is 44.0 Å². The Hall–Kier alpha value is -3.01. The Kier molecular flexibility index (Phi) is 5.19. The van der Waals surface area contributed by atoms with Crippen LogP contribution in [0.2, 0.25) is 0 Å². The number of nitro groups is 1. The number of nitro benzene ring substituents is 1. The number of pyridine rings is 1. The van der Waals surface area contributed by atoms with Crippen molar-refractivity contribution >= 4 is 28.2 Å². The van der Waals surface area contributed by atoms with Gasteiger partial charge < -0.3 is 19.1 Å². The fourth-order valence-corrected chi connectivity index (χ4v) is 4.14. The molecule has 1 aromatic heterocycles. The van der Waals surface area contributed by atoms with Crippen LogP contribution in [0.5, 0.6) is 0 Å². The predicted octanol–water partition coefficient (Wildman–Crippen LogP) is 2.31. The van der Waals surface area contributed by atoms with Crippen LogP contribution in [0.25, 0.3) is 10.9 Å². The molecule has 30 heavy (non-hydrogen) atoms. The number of methoxy groups -OCH3 is 1. The minimum atomic E-state index is -1.09. The Morgan fingerprint density at radius 2 is 1.93 bits per heavy atom. The number of aromatic nitrogens is 1. The maximum atomic E-state index is 15.3. The van der Waals surface area contributed by atoms with Crippen LogP contribution in [0.1, 0.15) is 36.2 Å². The molecule has 2 aliphatic rings. The molecule has 9 nitrogen and oxygen atoms in total. The first-order chi connectivity index (χ1) is 14.4. The summed E-state index contributed by atoms with van der Waals surface area (Å²) in [6.45, 7) is 5.67. The third kappa shape index (κ3) is 3.20. The highest BCUT2D eigenvalue weighted by atomic mass is 19.1. The number of rotatable bonds is 5. The molecule has 160 valence electrons. The van der Waals surface area contributed by atoms with E-state index >= 15 is 4.39 Å². The Bertz CT molecular complexity index is 1090. The minimum Gasteiger partial charge on any atom is -0.465 e. The number of benzene rings is 1. The van der Waals surface area contributed by atoms with E-state index in [1.165, 1.54) is 12.1 Å². The van der Waals surface area contributed by atoms with Crippen molar-refractivity contribution in [3.63, 3.8) is 0 Å². The molecule has 1 aliphatic carbocycles. The van der Waals surface area contributed by atoms with E-state index in [4.69, 9.17) is 0 Å². The van der Waals surface area contributed by atoms with Gasteiger partial charge in [-0.25, -0.2) is 4.79 Å². The lowest BCUT2D eigenvalue weighted by molar-refractivity contribution is -0.382. The molecule has 0 unspecified atom stereocenters. The standard InChI is InChI=1S/C20H23FN4O5/c1-3-22-8-10-23(11-9-22)14-7-6-13-16(17(14)25(28)29)24(12-4-5-12)19(21)15(18(13)26)20(27)30-2/h6-7,12H,3-5,8-11H2,1-2H3. The van der Waals surface area contributed by atoms with Crippen molar-refractivity contribution in [1.82, 2.24) is 9.47 Å². The molecule has 1 saturated carbocycles. The molecule has 2 heterocycles. The van der Waals surface area contributed by atoms with Gasteiger partial charge in [0, 0.05) is 32.2 Å². The second kappa shape index (κ2) is 7.67. The lowest BCUT2D eigenvalue weighted by atomic mass is 10.1. The fraction of sp³-hybridized carbons (Fsp3) is 0.500. The third-order valence-corrected chi connectivity index (χ3v) is 5.90.